The van der Waals surface area contributed by atoms with Gasteiger partial charge in [-0.1, -0.05) is 32.9 Å². The van der Waals surface area contributed by atoms with Crippen LogP contribution in [-0.2, 0) is 4.74 Å². The molecule has 1 aromatic rings. The number of ether oxygens (including phenoxy) is 2. The van der Waals surface area contributed by atoms with Crippen LogP contribution >= 0.6 is 0 Å². The minimum atomic E-state index is -0.834. The Bertz CT molecular complexity index is 677. The highest BCUT2D eigenvalue weighted by atomic mass is 16.5. The number of pyridine rings is 1. The van der Waals surface area contributed by atoms with E-state index >= 15 is 0 Å². The molecule has 27 heavy (non-hydrogen) atoms. The van der Waals surface area contributed by atoms with Gasteiger partial charge < -0.3 is 19.5 Å². The van der Waals surface area contributed by atoms with Crippen LogP contribution in [-0.4, -0.2) is 53.0 Å². The minimum Gasteiger partial charge on any atom is -0.489 e. The first-order valence-electron chi connectivity index (χ1n) is 9.72. The molecule has 0 bridgehead atoms. The van der Waals surface area contributed by atoms with Crippen LogP contribution in [0.3, 0.4) is 0 Å². The molecular weight excluding hydrogens is 344 g/mol. The van der Waals surface area contributed by atoms with Gasteiger partial charge in [0, 0.05) is 31.6 Å². The van der Waals surface area contributed by atoms with Crippen molar-refractivity contribution in [3.8, 4) is 5.75 Å². The number of nitrogens with zero attached hydrogens (tertiary/aromatic N) is 2. The number of carboxylic acid groups (broad SMARTS) is 1. The number of carbonyl (C=O) groups is 1. The van der Waals surface area contributed by atoms with Crippen molar-refractivity contribution in [1.29, 1.82) is 0 Å². The minimum absolute atomic E-state index is 0.0270. The van der Waals surface area contributed by atoms with E-state index in [1.165, 1.54) is 0 Å². The molecule has 2 aliphatic heterocycles. The zero-order valence-corrected chi connectivity index (χ0v) is 16.4. The van der Waals surface area contributed by atoms with Crippen LogP contribution in [0.4, 0.5) is 4.79 Å². The Balaban J connectivity index is 1.69. The summed E-state index contributed by atoms with van der Waals surface area (Å²) in [5.41, 5.74) is 0.858. The first-order chi connectivity index (χ1) is 12.8. The lowest BCUT2D eigenvalue weighted by Crippen LogP contribution is -2.45. The van der Waals surface area contributed by atoms with E-state index in [9.17, 15) is 9.90 Å². The van der Waals surface area contributed by atoms with Crippen molar-refractivity contribution in [2.75, 3.05) is 19.8 Å². The first-order valence-corrected chi connectivity index (χ1v) is 9.72. The molecule has 1 N–H and O–H groups in total. The molecule has 3 rings (SSSR count). The van der Waals surface area contributed by atoms with E-state index in [-0.39, 0.29) is 23.5 Å². The predicted octanol–water partition coefficient (Wildman–Crippen LogP) is 4.07. The van der Waals surface area contributed by atoms with Crippen LogP contribution in [0.5, 0.6) is 5.75 Å². The Labute approximate surface area is 161 Å². The van der Waals surface area contributed by atoms with Crippen molar-refractivity contribution >= 4 is 12.2 Å². The summed E-state index contributed by atoms with van der Waals surface area (Å²) in [5.74, 6) is 0.969. The second-order valence-electron chi connectivity index (χ2n) is 8.48. The predicted molar refractivity (Wildman–Crippen MR) is 104 cm³/mol. The van der Waals surface area contributed by atoms with Crippen LogP contribution in [0.1, 0.15) is 45.6 Å². The highest BCUT2D eigenvalue weighted by Crippen LogP contribution is 2.38. The van der Waals surface area contributed by atoms with Gasteiger partial charge in [0.05, 0.1) is 19.4 Å². The van der Waals surface area contributed by atoms with Crippen LogP contribution in [0.2, 0.25) is 0 Å². The molecule has 2 fully saturated rings. The lowest BCUT2D eigenvalue weighted by molar-refractivity contribution is 0.0254. The molecule has 148 valence electrons. The summed E-state index contributed by atoms with van der Waals surface area (Å²) in [6, 6.07) is 1.97. The van der Waals surface area contributed by atoms with Crippen molar-refractivity contribution in [3.05, 3.63) is 30.1 Å². The second kappa shape index (κ2) is 8.30. The Morgan fingerprint density at radius 1 is 1.30 bits per heavy atom. The molecular formula is C21H30N2O4. The van der Waals surface area contributed by atoms with Gasteiger partial charge in [-0.05, 0) is 29.4 Å². The zero-order chi connectivity index (χ0) is 19.4. The number of likely N-dealkylation sites (tertiary alicyclic amines) is 1. The Morgan fingerprint density at radius 2 is 2.04 bits per heavy atom. The van der Waals surface area contributed by atoms with Gasteiger partial charge in [0.1, 0.15) is 11.9 Å². The van der Waals surface area contributed by atoms with E-state index in [1.54, 1.807) is 11.1 Å². The van der Waals surface area contributed by atoms with Crippen LogP contribution in [0.15, 0.2) is 24.5 Å². The van der Waals surface area contributed by atoms with Gasteiger partial charge in [0.2, 0.25) is 0 Å². The van der Waals surface area contributed by atoms with Gasteiger partial charge in [-0.15, -0.1) is 0 Å². The number of hydrogen-bond donors (Lipinski definition) is 1. The summed E-state index contributed by atoms with van der Waals surface area (Å²) in [7, 11) is 0. The van der Waals surface area contributed by atoms with Crippen molar-refractivity contribution in [1.82, 2.24) is 9.88 Å². The molecule has 2 saturated heterocycles. The first kappa shape index (κ1) is 19.7. The molecule has 1 amide bonds. The molecule has 2 aliphatic rings. The Morgan fingerprint density at radius 3 is 2.70 bits per heavy atom. The zero-order valence-electron chi connectivity index (χ0n) is 16.4. The summed E-state index contributed by atoms with van der Waals surface area (Å²) in [6.07, 6.45) is 9.73. The average Bonchev–Trinajstić information content (AvgIpc) is 3.06. The third-order valence-electron chi connectivity index (χ3n) is 5.32. The van der Waals surface area contributed by atoms with E-state index in [0.29, 0.717) is 6.54 Å². The number of amides is 1. The summed E-state index contributed by atoms with van der Waals surface area (Å²) in [5, 5.41) is 9.51. The lowest BCUT2D eigenvalue weighted by atomic mass is 9.79. The highest BCUT2D eigenvalue weighted by Gasteiger charge is 2.42. The van der Waals surface area contributed by atoms with Gasteiger partial charge in [-0.3, -0.25) is 4.98 Å². The molecule has 0 radical (unpaired) electrons. The maximum absolute atomic E-state index is 11.6. The maximum atomic E-state index is 11.6. The van der Waals surface area contributed by atoms with E-state index in [1.807, 2.05) is 18.3 Å². The largest absolute Gasteiger partial charge is 0.489 e. The lowest BCUT2D eigenvalue weighted by Gasteiger charge is -2.36. The van der Waals surface area contributed by atoms with Gasteiger partial charge in [-0.2, -0.15) is 0 Å². The fourth-order valence-electron chi connectivity index (χ4n) is 4.15. The van der Waals surface area contributed by atoms with Crippen LogP contribution in [0, 0.1) is 11.3 Å². The third kappa shape index (κ3) is 5.01. The van der Waals surface area contributed by atoms with Crippen LogP contribution < -0.4 is 4.74 Å². The van der Waals surface area contributed by atoms with E-state index in [0.717, 1.165) is 43.8 Å². The normalized spacial score (nSPS) is 24.5. The van der Waals surface area contributed by atoms with Gasteiger partial charge >= 0.3 is 6.09 Å². The van der Waals surface area contributed by atoms with Crippen molar-refractivity contribution in [2.24, 2.45) is 11.3 Å². The molecule has 0 saturated carbocycles. The Kier molecular flexibility index (Phi) is 6.05. The monoisotopic (exact) mass is 374 g/mol. The van der Waals surface area contributed by atoms with Crippen molar-refractivity contribution in [3.63, 3.8) is 0 Å². The average molecular weight is 374 g/mol. The fraction of sp³-hybridized carbons (Fsp3) is 0.619. The fourth-order valence-corrected chi connectivity index (χ4v) is 4.15. The quantitative estimate of drug-likeness (QED) is 0.860. The van der Waals surface area contributed by atoms with Crippen LogP contribution in [0.25, 0.3) is 6.08 Å². The number of hydrogen-bond acceptors (Lipinski definition) is 4. The smallest absolute Gasteiger partial charge is 0.407 e. The van der Waals surface area contributed by atoms with Gasteiger partial charge in [0.15, 0.2) is 0 Å². The third-order valence-corrected chi connectivity index (χ3v) is 5.32. The van der Waals surface area contributed by atoms with Crippen molar-refractivity contribution < 1.29 is 19.4 Å². The highest BCUT2D eigenvalue weighted by molar-refractivity contribution is 5.66. The number of rotatable bonds is 4. The van der Waals surface area contributed by atoms with Crippen molar-refractivity contribution in [2.45, 2.75) is 52.2 Å². The molecule has 6 heteroatoms. The van der Waals surface area contributed by atoms with Gasteiger partial charge in [-0.25, -0.2) is 4.79 Å². The molecule has 2 unspecified atom stereocenters. The summed E-state index contributed by atoms with van der Waals surface area (Å²) < 4.78 is 11.4. The molecule has 1 aromatic heterocycles. The summed E-state index contributed by atoms with van der Waals surface area (Å²) in [6.45, 7) is 8.37. The van der Waals surface area contributed by atoms with E-state index < -0.39 is 6.09 Å². The maximum Gasteiger partial charge on any atom is 0.407 e. The van der Waals surface area contributed by atoms with E-state index in [4.69, 9.17) is 9.47 Å². The Hall–Kier alpha value is -2.08. The SMILES string of the molecule is CC(C)(C)C1C(C=Cc2cncc(OC3CCOCC3)c2)CCN1C(=O)O. The summed E-state index contributed by atoms with van der Waals surface area (Å²) in [4.78, 5) is 17.5. The molecule has 0 spiro atoms. The molecule has 2 atom stereocenters. The topological polar surface area (TPSA) is 71.9 Å². The number of aromatic nitrogens is 1. The van der Waals surface area contributed by atoms with E-state index in [2.05, 4.69) is 31.8 Å². The standard InChI is InChI=1S/C21H30N2O4/c1-21(2,3)19-16(6-9-23(19)20(24)25)5-4-15-12-18(14-22-13-15)27-17-7-10-26-11-8-17/h4-5,12-14,16-17,19H,6-11H2,1-3H3,(H,24,25). The van der Waals surface area contributed by atoms with Gasteiger partial charge in [0.25, 0.3) is 0 Å². The molecule has 6 nitrogen and oxygen atoms in total. The molecule has 3 heterocycles. The summed E-state index contributed by atoms with van der Waals surface area (Å²) >= 11 is 0. The molecule has 0 aromatic carbocycles. The molecule has 0 aliphatic carbocycles. The second-order valence-corrected chi connectivity index (χ2v) is 8.48.